The van der Waals surface area contributed by atoms with Crippen molar-refractivity contribution in [3.8, 4) is 17.2 Å². The average Bonchev–Trinajstić information content (AvgIpc) is 2.95. The Morgan fingerprint density at radius 1 is 1.18 bits per heavy atom. The Labute approximate surface area is 134 Å². The van der Waals surface area contributed by atoms with Crippen LogP contribution in [0.3, 0.4) is 0 Å². The van der Waals surface area contributed by atoms with Crippen LogP contribution in [0.2, 0.25) is 5.15 Å². The molecular formula is C17H15ClN4. The summed E-state index contributed by atoms with van der Waals surface area (Å²) in [6, 6.07) is 13.7. The van der Waals surface area contributed by atoms with Gasteiger partial charge in [-0.2, -0.15) is 5.26 Å². The lowest BCUT2D eigenvalue weighted by Gasteiger charge is -2.11. The van der Waals surface area contributed by atoms with Crippen LogP contribution < -0.4 is 0 Å². The monoisotopic (exact) mass is 310 g/mol. The zero-order chi connectivity index (χ0) is 15.9. The van der Waals surface area contributed by atoms with Gasteiger partial charge in [0.1, 0.15) is 11.2 Å². The zero-order valence-corrected chi connectivity index (χ0v) is 13.4. The number of nitrogens with zero attached hydrogens (tertiary/aromatic N) is 4. The molecule has 22 heavy (non-hydrogen) atoms. The smallest absolute Gasteiger partial charge is 0.175 e. The molecule has 5 heteroatoms. The summed E-state index contributed by atoms with van der Waals surface area (Å²) in [6.07, 6.45) is 0. The van der Waals surface area contributed by atoms with E-state index in [1.165, 1.54) is 0 Å². The number of hydrogen-bond acceptors (Lipinski definition) is 3. The van der Waals surface area contributed by atoms with Crippen molar-refractivity contribution in [1.29, 1.82) is 5.26 Å². The van der Waals surface area contributed by atoms with Gasteiger partial charge < -0.3 is 0 Å². The van der Waals surface area contributed by atoms with Gasteiger partial charge in [-0.15, -0.1) is 5.10 Å². The Morgan fingerprint density at radius 3 is 2.45 bits per heavy atom. The van der Waals surface area contributed by atoms with E-state index < -0.39 is 0 Å². The van der Waals surface area contributed by atoms with Crippen molar-refractivity contribution in [3.63, 3.8) is 0 Å². The lowest BCUT2D eigenvalue weighted by atomic mass is 9.96. The molecule has 4 nitrogen and oxygen atoms in total. The third kappa shape index (κ3) is 2.34. The van der Waals surface area contributed by atoms with E-state index in [1.807, 2.05) is 51.1 Å². The molecule has 0 atom stereocenters. The number of pyridine rings is 1. The fourth-order valence-corrected chi connectivity index (χ4v) is 2.51. The van der Waals surface area contributed by atoms with Gasteiger partial charge in [0, 0.05) is 11.0 Å². The molecule has 1 aromatic carbocycles. The van der Waals surface area contributed by atoms with Gasteiger partial charge in [-0.05, 0) is 11.6 Å². The quantitative estimate of drug-likeness (QED) is 0.632. The van der Waals surface area contributed by atoms with Gasteiger partial charge in [0.15, 0.2) is 11.5 Å². The molecule has 0 fully saturated rings. The standard InChI is InChI=1S/C17H15ClN4/c1-17(2,3)16-20-15-12(10-19)9-13(14(18)22(15)21-16)11-7-5-4-6-8-11/h4-9H,1-3H3. The van der Waals surface area contributed by atoms with E-state index in [9.17, 15) is 5.26 Å². The second-order valence-corrected chi connectivity index (χ2v) is 6.52. The van der Waals surface area contributed by atoms with E-state index in [0.717, 1.165) is 11.1 Å². The van der Waals surface area contributed by atoms with Crippen molar-refractivity contribution in [1.82, 2.24) is 14.6 Å². The van der Waals surface area contributed by atoms with Crippen LogP contribution in [0, 0.1) is 11.3 Å². The van der Waals surface area contributed by atoms with Crippen molar-refractivity contribution >= 4 is 17.2 Å². The molecule has 110 valence electrons. The van der Waals surface area contributed by atoms with Crippen LogP contribution in [-0.2, 0) is 5.41 Å². The van der Waals surface area contributed by atoms with E-state index in [0.29, 0.717) is 22.2 Å². The summed E-state index contributed by atoms with van der Waals surface area (Å²) in [4.78, 5) is 4.50. The van der Waals surface area contributed by atoms with Gasteiger partial charge in [0.2, 0.25) is 0 Å². The number of hydrogen-bond donors (Lipinski definition) is 0. The Bertz CT molecular complexity index is 883. The van der Waals surface area contributed by atoms with Gasteiger partial charge in [-0.3, -0.25) is 0 Å². The minimum absolute atomic E-state index is 0.213. The molecule has 0 N–H and O–H groups in total. The van der Waals surface area contributed by atoms with Crippen molar-refractivity contribution in [2.24, 2.45) is 0 Å². The molecule has 2 aromatic heterocycles. The van der Waals surface area contributed by atoms with Crippen LogP contribution >= 0.6 is 11.6 Å². The lowest BCUT2D eigenvalue weighted by molar-refractivity contribution is 0.545. The van der Waals surface area contributed by atoms with Gasteiger partial charge in [-0.1, -0.05) is 62.7 Å². The van der Waals surface area contributed by atoms with E-state index >= 15 is 0 Å². The maximum Gasteiger partial charge on any atom is 0.175 e. The predicted molar refractivity (Wildman–Crippen MR) is 86.8 cm³/mol. The van der Waals surface area contributed by atoms with Crippen molar-refractivity contribution in [2.75, 3.05) is 0 Å². The first-order valence-electron chi connectivity index (χ1n) is 6.97. The molecule has 0 aliphatic heterocycles. The number of halogens is 1. The number of aromatic nitrogens is 3. The van der Waals surface area contributed by atoms with E-state index in [1.54, 1.807) is 10.6 Å². The fraction of sp³-hybridized carbons (Fsp3) is 0.235. The van der Waals surface area contributed by atoms with E-state index in [2.05, 4.69) is 16.2 Å². The van der Waals surface area contributed by atoms with Crippen molar-refractivity contribution in [2.45, 2.75) is 26.2 Å². The average molecular weight is 311 g/mol. The Hall–Kier alpha value is -2.38. The van der Waals surface area contributed by atoms with Crippen molar-refractivity contribution in [3.05, 3.63) is 52.9 Å². The number of fused-ring (bicyclic) bond motifs is 1. The van der Waals surface area contributed by atoms with Crippen LogP contribution in [-0.4, -0.2) is 14.6 Å². The SMILES string of the molecule is CC(C)(C)c1nc2c(C#N)cc(-c3ccccc3)c(Cl)n2n1. The number of rotatable bonds is 1. The summed E-state index contributed by atoms with van der Waals surface area (Å²) in [7, 11) is 0. The van der Waals surface area contributed by atoms with Gasteiger partial charge in [-0.25, -0.2) is 9.50 Å². The second-order valence-electron chi connectivity index (χ2n) is 6.16. The Kier molecular flexibility index (Phi) is 3.38. The normalized spacial score (nSPS) is 11.6. The third-order valence-electron chi connectivity index (χ3n) is 3.42. The molecule has 3 aromatic rings. The maximum atomic E-state index is 9.44. The third-order valence-corrected chi connectivity index (χ3v) is 3.78. The molecule has 0 saturated carbocycles. The maximum absolute atomic E-state index is 9.44. The molecule has 0 unspecified atom stereocenters. The summed E-state index contributed by atoms with van der Waals surface area (Å²) in [5.74, 6) is 0.663. The predicted octanol–water partition coefficient (Wildman–Crippen LogP) is 4.22. The summed E-state index contributed by atoms with van der Waals surface area (Å²) in [6.45, 7) is 6.08. The Balaban J connectivity index is 2.34. The minimum atomic E-state index is -0.213. The highest BCUT2D eigenvalue weighted by Gasteiger charge is 2.23. The van der Waals surface area contributed by atoms with Crippen molar-refractivity contribution < 1.29 is 0 Å². The summed E-state index contributed by atoms with van der Waals surface area (Å²) in [5.41, 5.74) is 2.47. The number of benzene rings is 1. The molecule has 3 rings (SSSR count). The molecule has 0 bridgehead atoms. The molecule has 0 radical (unpaired) electrons. The fourth-order valence-electron chi connectivity index (χ4n) is 2.23. The van der Waals surface area contributed by atoms with Gasteiger partial charge in [0.25, 0.3) is 0 Å². The molecule has 0 spiro atoms. The van der Waals surface area contributed by atoms with Crippen LogP contribution in [0.15, 0.2) is 36.4 Å². The largest absolute Gasteiger partial charge is 0.210 e. The van der Waals surface area contributed by atoms with Crippen LogP contribution in [0.25, 0.3) is 16.8 Å². The first-order chi connectivity index (χ1) is 10.4. The van der Waals surface area contributed by atoms with Gasteiger partial charge >= 0.3 is 0 Å². The van der Waals surface area contributed by atoms with Crippen LogP contribution in [0.5, 0.6) is 0 Å². The van der Waals surface area contributed by atoms with E-state index in [4.69, 9.17) is 11.6 Å². The highest BCUT2D eigenvalue weighted by atomic mass is 35.5. The van der Waals surface area contributed by atoms with Gasteiger partial charge in [0.05, 0.1) is 5.56 Å². The highest BCUT2D eigenvalue weighted by molar-refractivity contribution is 6.32. The molecular weight excluding hydrogens is 296 g/mol. The molecule has 0 aliphatic carbocycles. The zero-order valence-electron chi connectivity index (χ0n) is 12.6. The van der Waals surface area contributed by atoms with Crippen LogP contribution in [0.4, 0.5) is 0 Å². The first kappa shape index (κ1) is 14.6. The molecule has 2 heterocycles. The molecule has 0 aliphatic rings. The first-order valence-corrected chi connectivity index (χ1v) is 7.35. The molecule has 0 amide bonds. The molecule has 0 saturated heterocycles. The minimum Gasteiger partial charge on any atom is -0.210 e. The highest BCUT2D eigenvalue weighted by Crippen LogP contribution is 2.31. The lowest BCUT2D eigenvalue weighted by Crippen LogP contribution is -2.13. The summed E-state index contributed by atoms with van der Waals surface area (Å²) < 4.78 is 1.56. The summed E-state index contributed by atoms with van der Waals surface area (Å²) >= 11 is 6.52. The van der Waals surface area contributed by atoms with E-state index in [-0.39, 0.29) is 5.41 Å². The van der Waals surface area contributed by atoms with Crippen LogP contribution in [0.1, 0.15) is 32.2 Å². The number of nitriles is 1. The second kappa shape index (κ2) is 5.11. The Morgan fingerprint density at radius 2 is 1.86 bits per heavy atom. The topological polar surface area (TPSA) is 54.0 Å². The summed E-state index contributed by atoms with van der Waals surface area (Å²) in [5, 5.41) is 14.4.